The molecule has 1 aliphatic heterocycles. The summed E-state index contributed by atoms with van der Waals surface area (Å²) in [4.78, 5) is 20.3. The van der Waals surface area contributed by atoms with Crippen LogP contribution < -0.4 is 10.6 Å². The van der Waals surface area contributed by atoms with Crippen LogP contribution in [0.1, 0.15) is 24.0 Å². The van der Waals surface area contributed by atoms with Gasteiger partial charge in [-0.15, -0.1) is 24.0 Å². The predicted molar refractivity (Wildman–Crippen MR) is 137 cm³/mol. The number of hydrogen-bond donors (Lipinski definition) is 2. The lowest BCUT2D eigenvalue weighted by Crippen LogP contribution is -2.50. The van der Waals surface area contributed by atoms with Crippen LogP contribution >= 0.6 is 24.0 Å². The Hall–Kier alpha value is -2.27. The number of nitrogens with zero attached hydrogens (tertiary/aromatic N) is 3. The number of aliphatic imine (C=N–C) groups is 1. The fourth-order valence-corrected chi connectivity index (χ4v) is 3.57. The van der Waals surface area contributed by atoms with Crippen molar-refractivity contribution in [2.45, 2.75) is 32.0 Å². The van der Waals surface area contributed by atoms with E-state index in [1.807, 2.05) is 6.07 Å². The first-order valence-corrected chi connectivity index (χ1v) is 10.9. The summed E-state index contributed by atoms with van der Waals surface area (Å²) in [5, 5.41) is 6.39. The fourth-order valence-electron chi connectivity index (χ4n) is 3.57. The Kier molecular flexibility index (Phi) is 11.0. The Morgan fingerprint density at radius 1 is 1.12 bits per heavy atom. The van der Waals surface area contributed by atoms with Gasteiger partial charge in [0.1, 0.15) is 11.6 Å². The maximum atomic E-state index is 14.0. The van der Waals surface area contributed by atoms with Crippen LogP contribution in [0.5, 0.6) is 0 Å². The van der Waals surface area contributed by atoms with Crippen LogP contribution in [0.3, 0.4) is 0 Å². The Bertz CT molecular complexity index is 918. The third kappa shape index (κ3) is 8.88. The lowest BCUT2D eigenvalue weighted by atomic mass is 10.0. The van der Waals surface area contributed by atoms with Crippen molar-refractivity contribution in [2.24, 2.45) is 4.99 Å². The highest BCUT2D eigenvalue weighted by atomic mass is 127. The maximum absolute atomic E-state index is 14.0. The first-order chi connectivity index (χ1) is 15.4. The minimum atomic E-state index is -0.507. The highest BCUT2D eigenvalue weighted by Crippen LogP contribution is 2.14. The number of guanidine groups is 1. The molecule has 0 atom stereocenters. The van der Waals surface area contributed by atoms with Gasteiger partial charge in [0.25, 0.3) is 0 Å². The average Bonchev–Trinajstić information content (AvgIpc) is 2.79. The van der Waals surface area contributed by atoms with Crippen molar-refractivity contribution < 1.29 is 13.6 Å². The van der Waals surface area contributed by atoms with Crippen molar-refractivity contribution in [3.05, 3.63) is 71.3 Å². The molecule has 1 aliphatic rings. The fraction of sp³-hybridized carbons (Fsp3) is 0.417. The van der Waals surface area contributed by atoms with Crippen molar-refractivity contribution >= 4 is 35.8 Å². The summed E-state index contributed by atoms with van der Waals surface area (Å²) in [7, 11) is 3.36. The van der Waals surface area contributed by atoms with E-state index in [1.165, 1.54) is 10.5 Å². The molecule has 6 nitrogen and oxygen atoms in total. The van der Waals surface area contributed by atoms with E-state index in [2.05, 4.69) is 44.8 Å². The quantitative estimate of drug-likeness (QED) is 0.304. The molecule has 1 amide bonds. The molecule has 9 heteroatoms. The number of carbonyl (C=O) groups excluding carboxylic acids is 1. The lowest BCUT2D eigenvalue weighted by Gasteiger charge is -2.33. The molecule has 2 aromatic rings. The molecule has 2 aromatic carbocycles. The molecule has 0 bridgehead atoms. The summed E-state index contributed by atoms with van der Waals surface area (Å²) in [6.45, 7) is 2.84. The molecule has 33 heavy (non-hydrogen) atoms. The smallest absolute Gasteiger partial charge is 0.241 e. The van der Waals surface area contributed by atoms with Gasteiger partial charge >= 0.3 is 0 Å². The van der Waals surface area contributed by atoms with Gasteiger partial charge in [-0.2, -0.15) is 0 Å². The van der Waals surface area contributed by atoms with Crippen LogP contribution in [-0.2, 0) is 17.9 Å². The summed E-state index contributed by atoms with van der Waals surface area (Å²) < 4.78 is 27.5. The number of carbonyl (C=O) groups is 1. The number of amides is 1. The average molecular weight is 571 g/mol. The van der Waals surface area contributed by atoms with E-state index in [4.69, 9.17) is 0 Å². The molecule has 1 fully saturated rings. The molecule has 0 unspecified atom stereocenters. The van der Waals surface area contributed by atoms with Gasteiger partial charge in [0, 0.05) is 45.3 Å². The number of likely N-dealkylation sites (N-methyl/N-ethyl adjacent to an activating group) is 1. The monoisotopic (exact) mass is 571 g/mol. The SMILES string of the molecule is CN(C)C(=O)CNC(=NCc1cc(F)ccc1F)NC1CCN(Cc2ccccc2)CC1.I. The van der Waals surface area contributed by atoms with Gasteiger partial charge in [-0.1, -0.05) is 30.3 Å². The third-order valence-corrected chi connectivity index (χ3v) is 5.50. The Morgan fingerprint density at radius 3 is 2.48 bits per heavy atom. The van der Waals surface area contributed by atoms with Crippen LogP contribution in [0.15, 0.2) is 53.5 Å². The second kappa shape index (κ2) is 13.4. The predicted octanol–water partition coefficient (Wildman–Crippen LogP) is 3.37. The zero-order valence-electron chi connectivity index (χ0n) is 19.1. The highest BCUT2D eigenvalue weighted by molar-refractivity contribution is 14.0. The van der Waals surface area contributed by atoms with Crippen molar-refractivity contribution in [1.29, 1.82) is 0 Å². The largest absolute Gasteiger partial charge is 0.354 e. The van der Waals surface area contributed by atoms with E-state index >= 15 is 0 Å². The van der Waals surface area contributed by atoms with Gasteiger partial charge in [-0.25, -0.2) is 13.8 Å². The number of piperidine rings is 1. The van der Waals surface area contributed by atoms with Crippen molar-refractivity contribution in [3.8, 4) is 0 Å². The Balaban J connectivity index is 0.00000385. The molecule has 0 aliphatic carbocycles. The topological polar surface area (TPSA) is 60.0 Å². The van der Waals surface area contributed by atoms with E-state index in [-0.39, 0.29) is 54.6 Å². The molecule has 180 valence electrons. The molecular weight excluding hydrogens is 539 g/mol. The molecule has 1 saturated heterocycles. The summed E-state index contributed by atoms with van der Waals surface area (Å²) >= 11 is 0. The van der Waals surface area contributed by atoms with Gasteiger partial charge in [0.15, 0.2) is 5.96 Å². The number of hydrogen-bond acceptors (Lipinski definition) is 3. The molecule has 3 rings (SSSR count). The summed E-state index contributed by atoms with van der Waals surface area (Å²) in [5.74, 6) is -0.694. The third-order valence-electron chi connectivity index (χ3n) is 5.50. The second-order valence-electron chi connectivity index (χ2n) is 8.22. The van der Waals surface area contributed by atoms with Gasteiger partial charge in [0.05, 0.1) is 13.1 Å². The number of rotatable bonds is 7. The molecule has 0 radical (unpaired) electrons. The van der Waals surface area contributed by atoms with Crippen LogP contribution in [-0.4, -0.2) is 61.4 Å². The first-order valence-electron chi connectivity index (χ1n) is 10.9. The number of nitrogens with one attached hydrogen (secondary N) is 2. The van der Waals surface area contributed by atoms with Crippen LogP contribution in [0, 0.1) is 11.6 Å². The van der Waals surface area contributed by atoms with Crippen molar-refractivity contribution in [3.63, 3.8) is 0 Å². The van der Waals surface area contributed by atoms with Gasteiger partial charge in [-0.05, 0) is 36.6 Å². The Labute approximate surface area is 211 Å². The molecule has 0 spiro atoms. The van der Waals surface area contributed by atoms with Crippen LogP contribution in [0.4, 0.5) is 8.78 Å². The summed E-state index contributed by atoms with van der Waals surface area (Å²) in [6.07, 6.45) is 1.84. The highest BCUT2D eigenvalue weighted by Gasteiger charge is 2.20. The molecule has 1 heterocycles. The molecule has 0 saturated carbocycles. The number of likely N-dealkylation sites (tertiary alicyclic amines) is 1. The van der Waals surface area contributed by atoms with Gasteiger partial charge < -0.3 is 15.5 Å². The minimum Gasteiger partial charge on any atom is -0.354 e. The normalized spacial score (nSPS) is 15.0. The van der Waals surface area contributed by atoms with Gasteiger partial charge in [0.2, 0.25) is 5.91 Å². The van der Waals surface area contributed by atoms with E-state index in [0.717, 1.165) is 50.7 Å². The van der Waals surface area contributed by atoms with E-state index in [0.29, 0.717) is 5.96 Å². The first kappa shape index (κ1) is 27.0. The van der Waals surface area contributed by atoms with Crippen molar-refractivity contribution in [2.75, 3.05) is 33.7 Å². The minimum absolute atomic E-state index is 0. The van der Waals surface area contributed by atoms with E-state index < -0.39 is 11.6 Å². The lowest BCUT2D eigenvalue weighted by molar-refractivity contribution is -0.127. The zero-order chi connectivity index (χ0) is 22.9. The molecular formula is C24H32F2IN5O. The van der Waals surface area contributed by atoms with Crippen LogP contribution in [0.25, 0.3) is 0 Å². The van der Waals surface area contributed by atoms with E-state index in [1.54, 1.807) is 14.1 Å². The van der Waals surface area contributed by atoms with Gasteiger partial charge in [-0.3, -0.25) is 9.69 Å². The number of halogens is 3. The molecule has 2 N–H and O–H groups in total. The Morgan fingerprint density at radius 2 is 1.82 bits per heavy atom. The van der Waals surface area contributed by atoms with Crippen molar-refractivity contribution in [1.82, 2.24) is 20.4 Å². The maximum Gasteiger partial charge on any atom is 0.241 e. The number of benzene rings is 2. The summed E-state index contributed by atoms with van der Waals surface area (Å²) in [5.41, 5.74) is 1.46. The standard InChI is InChI=1S/C24H31F2N5O.HI/c1-30(2)23(32)16-28-24(27-15-19-14-20(25)8-9-22(19)26)29-21-10-12-31(13-11-21)17-18-6-4-3-5-7-18;/h3-9,14,21H,10-13,15-17H2,1-2H3,(H2,27,28,29);1H. The zero-order valence-corrected chi connectivity index (χ0v) is 21.4. The van der Waals surface area contributed by atoms with Crippen LogP contribution in [0.2, 0.25) is 0 Å². The van der Waals surface area contributed by atoms with E-state index in [9.17, 15) is 13.6 Å². The molecule has 0 aromatic heterocycles. The summed E-state index contributed by atoms with van der Waals surface area (Å²) in [6, 6.07) is 13.9. The second-order valence-corrected chi connectivity index (χ2v) is 8.22.